The van der Waals surface area contributed by atoms with Crippen LogP contribution in [-0.4, -0.2) is 22.1 Å². The fourth-order valence-corrected chi connectivity index (χ4v) is 3.33. The first kappa shape index (κ1) is 20.9. The van der Waals surface area contributed by atoms with Crippen LogP contribution in [0, 0.1) is 18.3 Å². The van der Waals surface area contributed by atoms with Crippen LogP contribution in [0.4, 0.5) is 0 Å². The van der Waals surface area contributed by atoms with Gasteiger partial charge < -0.3 is 9.84 Å². The second-order valence-corrected chi connectivity index (χ2v) is 6.79. The predicted molar refractivity (Wildman–Crippen MR) is 113 cm³/mol. The van der Waals surface area contributed by atoms with Gasteiger partial charge in [-0.05, 0) is 55.7 Å². The number of rotatable bonds is 7. The molecule has 0 atom stereocenters. The number of aromatic hydroxyl groups is 1. The van der Waals surface area contributed by atoms with Gasteiger partial charge in [0.2, 0.25) is 5.88 Å². The van der Waals surface area contributed by atoms with E-state index in [1.54, 1.807) is 24.3 Å². The summed E-state index contributed by atoms with van der Waals surface area (Å²) in [6.45, 7) is 4.02. The summed E-state index contributed by atoms with van der Waals surface area (Å²) in [7, 11) is 0. The van der Waals surface area contributed by atoms with Crippen molar-refractivity contribution in [3.05, 3.63) is 92.8 Å². The van der Waals surface area contributed by atoms with Crippen molar-refractivity contribution in [3.63, 3.8) is 0 Å². The van der Waals surface area contributed by atoms with Crippen molar-refractivity contribution in [3.8, 4) is 17.7 Å². The average Bonchev–Trinajstić information content (AvgIpc) is 2.75. The van der Waals surface area contributed by atoms with E-state index in [1.807, 2.05) is 43.3 Å². The predicted octanol–water partition coefficient (Wildman–Crippen LogP) is 3.61. The van der Waals surface area contributed by atoms with Gasteiger partial charge in [0.15, 0.2) is 5.78 Å². The van der Waals surface area contributed by atoms with Crippen LogP contribution >= 0.6 is 0 Å². The van der Waals surface area contributed by atoms with Crippen molar-refractivity contribution < 1.29 is 14.6 Å². The molecule has 0 aliphatic heterocycles. The third kappa shape index (κ3) is 4.11. The number of carbonyl (C=O) groups is 1. The van der Waals surface area contributed by atoms with Crippen molar-refractivity contribution in [1.82, 2.24) is 4.57 Å². The number of nitriles is 1. The normalized spacial score (nSPS) is 10.4. The van der Waals surface area contributed by atoms with Gasteiger partial charge in [0.05, 0.1) is 12.2 Å². The number of benzene rings is 2. The second kappa shape index (κ2) is 9.10. The summed E-state index contributed by atoms with van der Waals surface area (Å²) >= 11 is 0. The maximum Gasteiger partial charge on any atom is 0.271 e. The molecule has 0 radical (unpaired) electrons. The molecular formula is C24H22N2O4. The molecule has 0 aliphatic rings. The third-order valence-electron chi connectivity index (χ3n) is 4.92. The van der Waals surface area contributed by atoms with E-state index in [2.05, 4.69) is 0 Å². The molecule has 0 bridgehead atoms. The van der Waals surface area contributed by atoms with Crippen molar-refractivity contribution in [1.29, 1.82) is 5.26 Å². The Balaban J connectivity index is 2.04. The van der Waals surface area contributed by atoms with Crippen LogP contribution in [0.15, 0.2) is 59.4 Å². The Morgan fingerprint density at radius 1 is 1.13 bits per heavy atom. The van der Waals surface area contributed by atoms with Crippen LogP contribution in [0.2, 0.25) is 0 Å². The maximum absolute atomic E-state index is 13.1. The van der Waals surface area contributed by atoms with Gasteiger partial charge in [0.25, 0.3) is 5.56 Å². The molecule has 0 fully saturated rings. The van der Waals surface area contributed by atoms with E-state index in [9.17, 15) is 20.0 Å². The highest BCUT2D eigenvalue weighted by Gasteiger charge is 2.24. The smallest absolute Gasteiger partial charge is 0.271 e. The molecule has 1 heterocycles. The molecule has 6 heteroatoms. The first-order valence-electron chi connectivity index (χ1n) is 9.65. The van der Waals surface area contributed by atoms with Gasteiger partial charge in [-0.1, -0.05) is 30.3 Å². The third-order valence-corrected chi connectivity index (χ3v) is 4.92. The molecule has 1 aromatic heterocycles. The zero-order valence-electron chi connectivity index (χ0n) is 16.9. The summed E-state index contributed by atoms with van der Waals surface area (Å²) in [5.41, 5.74) is 0.691. The molecule has 0 unspecified atom stereocenters. The van der Waals surface area contributed by atoms with Gasteiger partial charge in [-0.2, -0.15) is 5.26 Å². The number of ether oxygens (including phenoxy) is 1. The summed E-state index contributed by atoms with van der Waals surface area (Å²) in [6, 6.07) is 17.9. The number of ketones is 1. The number of pyridine rings is 1. The number of aryl methyl sites for hydroxylation is 1. The lowest BCUT2D eigenvalue weighted by Gasteiger charge is -2.16. The minimum atomic E-state index is -0.605. The molecule has 0 amide bonds. The summed E-state index contributed by atoms with van der Waals surface area (Å²) in [5.74, 6) is -0.259. The Morgan fingerprint density at radius 3 is 2.40 bits per heavy atom. The molecule has 0 saturated carbocycles. The zero-order valence-corrected chi connectivity index (χ0v) is 16.9. The Kier molecular flexibility index (Phi) is 6.33. The van der Waals surface area contributed by atoms with E-state index in [-0.39, 0.29) is 23.2 Å². The van der Waals surface area contributed by atoms with E-state index in [0.717, 1.165) is 10.1 Å². The molecule has 30 heavy (non-hydrogen) atoms. The first-order chi connectivity index (χ1) is 14.5. The molecule has 6 nitrogen and oxygen atoms in total. The van der Waals surface area contributed by atoms with E-state index < -0.39 is 17.2 Å². The highest BCUT2D eigenvalue weighted by atomic mass is 16.5. The van der Waals surface area contributed by atoms with Crippen molar-refractivity contribution >= 4 is 5.78 Å². The Bertz CT molecular complexity index is 1160. The molecule has 0 saturated heterocycles. The monoisotopic (exact) mass is 402 g/mol. The molecule has 3 aromatic rings. The van der Waals surface area contributed by atoms with Crippen LogP contribution in [0.1, 0.15) is 39.5 Å². The van der Waals surface area contributed by atoms with Crippen molar-refractivity contribution in [2.24, 2.45) is 0 Å². The number of carbonyl (C=O) groups excluding carboxylic acids is 1. The fourth-order valence-electron chi connectivity index (χ4n) is 3.33. The number of aromatic nitrogens is 1. The zero-order chi connectivity index (χ0) is 21.7. The van der Waals surface area contributed by atoms with E-state index >= 15 is 0 Å². The Hall–Kier alpha value is -3.85. The fraction of sp³-hybridized carbons (Fsp3) is 0.208. The topological polar surface area (TPSA) is 92.3 Å². The van der Waals surface area contributed by atoms with E-state index in [0.29, 0.717) is 24.3 Å². The van der Waals surface area contributed by atoms with E-state index in [4.69, 9.17) is 4.74 Å². The maximum atomic E-state index is 13.1. The summed E-state index contributed by atoms with van der Waals surface area (Å²) < 4.78 is 6.49. The molecule has 2 aromatic carbocycles. The first-order valence-corrected chi connectivity index (χ1v) is 9.65. The van der Waals surface area contributed by atoms with Crippen LogP contribution in [-0.2, 0) is 13.0 Å². The highest BCUT2D eigenvalue weighted by Crippen LogP contribution is 2.26. The molecule has 0 spiro atoms. The Labute approximate surface area is 174 Å². The largest absolute Gasteiger partial charge is 0.494 e. The summed E-state index contributed by atoms with van der Waals surface area (Å²) in [5, 5.41) is 20.3. The Morgan fingerprint density at radius 2 is 1.80 bits per heavy atom. The molecule has 152 valence electrons. The van der Waals surface area contributed by atoms with Crippen LogP contribution in [0.5, 0.6) is 11.6 Å². The molecular weight excluding hydrogens is 380 g/mol. The lowest BCUT2D eigenvalue weighted by molar-refractivity contribution is 0.103. The van der Waals surface area contributed by atoms with Crippen LogP contribution in [0.3, 0.4) is 0 Å². The molecule has 1 N–H and O–H groups in total. The van der Waals surface area contributed by atoms with E-state index in [1.165, 1.54) is 6.92 Å². The number of nitrogens with zero attached hydrogens (tertiary/aromatic N) is 2. The van der Waals surface area contributed by atoms with Crippen LogP contribution < -0.4 is 10.3 Å². The number of hydrogen-bond acceptors (Lipinski definition) is 5. The lowest BCUT2D eigenvalue weighted by atomic mass is 9.97. The lowest BCUT2D eigenvalue weighted by Crippen LogP contribution is -2.27. The highest BCUT2D eigenvalue weighted by molar-refractivity contribution is 6.11. The second-order valence-electron chi connectivity index (χ2n) is 6.79. The average molecular weight is 402 g/mol. The molecule has 3 rings (SSSR count). The van der Waals surface area contributed by atoms with Gasteiger partial charge in [-0.3, -0.25) is 14.2 Å². The summed E-state index contributed by atoms with van der Waals surface area (Å²) in [4.78, 5) is 25.9. The summed E-state index contributed by atoms with van der Waals surface area (Å²) in [6.07, 6.45) is 0.471. The van der Waals surface area contributed by atoms with Gasteiger partial charge in [0, 0.05) is 12.1 Å². The van der Waals surface area contributed by atoms with Gasteiger partial charge >= 0.3 is 0 Å². The van der Waals surface area contributed by atoms with Crippen LogP contribution in [0.25, 0.3) is 0 Å². The SMILES string of the molecule is CCOc1ccc(C(=O)c2c(C)c(C#N)c(=O)n(CCc3ccccc3)c2O)cc1. The van der Waals surface area contributed by atoms with Gasteiger partial charge in [0.1, 0.15) is 17.4 Å². The van der Waals surface area contributed by atoms with Gasteiger partial charge in [-0.25, -0.2) is 0 Å². The quantitative estimate of drug-likeness (QED) is 0.610. The van der Waals surface area contributed by atoms with Gasteiger partial charge in [-0.15, -0.1) is 0 Å². The van der Waals surface area contributed by atoms with Crippen molar-refractivity contribution in [2.75, 3.05) is 6.61 Å². The number of hydrogen-bond donors (Lipinski definition) is 1. The minimum Gasteiger partial charge on any atom is -0.494 e. The standard InChI is InChI=1S/C24H22N2O4/c1-3-30-19-11-9-18(10-12-19)22(27)21-16(2)20(15-25)23(28)26(24(21)29)14-13-17-7-5-4-6-8-17/h4-12,29H,3,13-14H2,1-2H3. The molecule has 0 aliphatic carbocycles. The van der Waals surface area contributed by atoms with Crippen molar-refractivity contribution in [2.45, 2.75) is 26.8 Å². The minimum absolute atomic E-state index is 0.0385.